The molecule has 0 aromatic carbocycles. The predicted octanol–water partition coefficient (Wildman–Crippen LogP) is 1.45. The van der Waals surface area contributed by atoms with Crippen molar-refractivity contribution in [3.05, 3.63) is 0 Å². The van der Waals surface area contributed by atoms with Crippen LogP contribution in [0.15, 0.2) is 0 Å². The van der Waals surface area contributed by atoms with Gasteiger partial charge in [-0.1, -0.05) is 0 Å². The third-order valence-corrected chi connectivity index (χ3v) is 3.24. The molecule has 4 N–H and O–H groups in total. The molecule has 0 saturated carbocycles. The first kappa shape index (κ1) is 21.1. The maximum Gasteiger partial charge on any atom is 0.124 e. The molecular weight excluding hydrogens is 276 g/mol. The van der Waals surface area contributed by atoms with Gasteiger partial charge in [-0.2, -0.15) is 0 Å². The maximum atomic E-state index is 3.80. The van der Waals surface area contributed by atoms with Crippen LogP contribution in [-0.4, -0.2) is 39.4 Å². The number of nitrogens with one attached hydrogen (secondary N) is 4. The van der Waals surface area contributed by atoms with Gasteiger partial charge in [-0.25, -0.2) is 0 Å². The van der Waals surface area contributed by atoms with Crippen molar-refractivity contribution >= 4 is 10.4 Å². The Labute approximate surface area is 136 Å². The van der Waals surface area contributed by atoms with E-state index in [-0.39, 0.29) is 22.4 Å². The summed E-state index contributed by atoms with van der Waals surface area (Å²) in [6.07, 6.45) is 2.17. The number of hydrogen-bond acceptors (Lipinski definition) is 4. The highest BCUT2D eigenvalue weighted by Gasteiger charge is 2.38. The lowest BCUT2D eigenvalue weighted by atomic mass is 9.97. The van der Waals surface area contributed by atoms with E-state index >= 15 is 0 Å². The minimum absolute atomic E-state index is 0.0326. The van der Waals surface area contributed by atoms with Crippen molar-refractivity contribution in [2.24, 2.45) is 0 Å². The smallest absolute Gasteiger partial charge is 0.124 e. The second-order valence-electron chi connectivity index (χ2n) is 9.24. The SMILES string of the molecule is CC(C)(C)NC(CCCN[SiH3])(NC(C)(C)C)NC(C)(C)C. The first-order chi connectivity index (χ1) is 9.18. The Kier molecular flexibility index (Phi) is 7.57. The first-order valence-corrected chi connectivity index (χ1v) is 9.21. The molecule has 4 nitrogen and oxygen atoms in total. The first-order valence-electron chi connectivity index (χ1n) is 8.21. The second kappa shape index (κ2) is 7.55. The molecule has 0 atom stereocenters. The van der Waals surface area contributed by atoms with Gasteiger partial charge in [0.1, 0.15) is 5.79 Å². The Morgan fingerprint density at radius 1 is 0.667 bits per heavy atom. The average molecular weight is 317 g/mol. The molecule has 0 fully saturated rings. The van der Waals surface area contributed by atoms with Crippen molar-refractivity contribution in [1.82, 2.24) is 20.9 Å². The molecule has 21 heavy (non-hydrogen) atoms. The fourth-order valence-electron chi connectivity index (χ4n) is 2.73. The largest absolute Gasteiger partial charge is 0.345 e. The molecule has 0 unspecified atom stereocenters. The maximum absolute atomic E-state index is 3.80. The van der Waals surface area contributed by atoms with Crippen molar-refractivity contribution in [1.29, 1.82) is 0 Å². The number of hydrogen-bond donors (Lipinski definition) is 4. The summed E-state index contributed by atoms with van der Waals surface area (Å²) in [5, 5.41) is 11.4. The van der Waals surface area contributed by atoms with Gasteiger partial charge in [-0.3, -0.25) is 16.0 Å². The summed E-state index contributed by atoms with van der Waals surface area (Å²) >= 11 is 0. The molecule has 0 radical (unpaired) electrons. The minimum atomic E-state index is -0.271. The molecule has 0 aliphatic rings. The van der Waals surface area contributed by atoms with E-state index in [1.807, 2.05) is 0 Å². The van der Waals surface area contributed by atoms with E-state index in [0.29, 0.717) is 0 Å². The summed E-state index contributed by atoms with van der Waals surface area (Å²) in [7, 11) is 1.06. The van der Waals surface area contributed by atoms with Crippen LogP contribution < -0.4 is 20.9 Å². The Morgan fingerprint density at radius 3 is 1.24 bits per heavy atom. The van der Waals surface area contributed by atoms with E-state index in [4.69, 9.17) is 0 Å². The highest BCUT2D eigenvalue weighted by molar-refractivity contribution is 6.04. The normalized spacial score (nSPS) is 14.7. The van der Waals surface area contributed by atoms with Crippen LogP contribution in [0.3, 0.4) is 0 Å². The van der Waals surface area contributed by atoms with Crippen LogP contribution in [0.2, 0.25) is 0 Å². The van der Waals surface area contributed by atoms with Gasteiger partial charge in [0, 0.05) is 16.6 Å². The molecule has 0 saturated heterocycles. The van der Waals surface area contributed by atoms with Gasteiger partial charge in [0.15, 0.2) is 0 Å². The molecule has 0 aromatic rings. The zero-order valence-electron chi connectivity index (χ0n) is 16.1. The molecule has 0 amide bonds. The van der Waals surface area contributed by atoms with Crippen LogP contribution >= 0.6 is 0 Å². The summed E-state index contributed by atoms with van der Waals surface area (Å²) in [6, 6.07) is 0. The average Bonchev–Trinajstić information content (AvgIpc) is 2.08. The molecule has 0 rings (SSSR count). The molecule has 0 aromatic heterocycles. The van der Waals surface area contributed by atoms with E-state index in [9.17, 15) is 0 Å². The predicted molar refractivity (Wildman–Crippen MR) is 98.6 cm³/mol. The van der Waals surface area contributed by atoms with Gasteiger partial charge in [-0.15, -0.1) is 0 Å². The molecule has 0 aliphatic heterocycles. The Morgan fingerprint density at radius 2 is 1.00 bits per heavy atom. The van der Waals surface area contributed by atoms with Crippen molar-refractivity contribution in [3.8, 4) is 0 Å². The van der Waals surface area contributed by atoms with Gasteiger partial charge in [0.2, 0.25) is 0 Å². The van der Waals surface area contributed by atoms with Crippen molar-refractivity contribution in [2.45, 2.75) is 97.6 Å². The Hall–Kier alpha value is 0.0569. The van der Waals surface area contributed by atoms with Crippen LogP contribution in [0, 0.1) is 0 Å². The second-order valence-corrected chi connectivity index (χ2v) is 9.94. The highest BCUT2D eigenvalue weighted by Crippen LogP contribution is 2.20. The summed E-state index contributed by atoms with van der Waals surface area (Å²) in [6.45, 7) is 21.1. The van der Waals surface area contributed by atoms with Gasteiger partial charge in [0.05, 0.1) is 10.4 Å². The lowest BCUT2D eigenvalue weighted by Crippen LogP contribution is -2.76. The number of rotatable bonds is 7. The zero-order valence-corrected chi connectivity index (χ0v) is 18.1. The van der Waals surface area contributed by atoms with Crippen LogP contribution in [0.5, 0.6) is 0 Å². The van der Waals surface area contributed by atoms with E-state index in [1.54, 1.807) is 0 Å². The Bertz CT molecular complexity index is 256. The fraction of sp³-hybridized carbons (Fsp3) is 1.00. The quantitative estimate of drug-likeness (QED) is 0.326. The lowest BCUT2D eigenvalue weighted by molar-refractivity contribution is 0.0730. The van der Waals surface area contributed by atoms with Crippen molar-refractivity contribution in [2.75, 3.05) is 6.54 Å². The van der Waals surface area contributed by atoms with E-state index < -0.39 is 0 Å². The van der Waals surface area contributed by atoms with Crippen molar-refractivity contribution < 1.29 is 0 Å². The topological polar surface area (TPSA) is 48.1 Å². The Balaban J connectivity index is 5.36. The van der Waals surface area contributed by atoms with E-state index in [1.165, 1.54) is 0 Å². The van der Waals surface area contributed by atoms with Crippen LogP contribution in [0.1, 0.15) is 75.2 Å². The molecule has 0 bridgehead atoms. The van der Waals surface area contributed by atoms with E-state index in [0.717, 1.165) is 29.8 Å². The summed E-state index contributed by atoms with van der Waals surface area (Å²) in [5.74, 6) is -0.271. The van der Waals surface area contributed by atoms with Gasteiger partial charge >= 0.3 is 0 Å². The highest BCUT2D eigenvalue weighted by atomic mass is 28.2. The summed E-state index contributed by atoms with van der Waals surface area (Å²) in [5.41, 5.74) is 0.0979. The molecule has 0 aliphatic carbocycles. The molecule has 0 heterocycles. The molecule has 0 spiro atoms. The van der Waals surface area contributed by atoms with Crippen LogP contribution in [-0.2, 0) is 0 Å². The standard InChI is InChI=1S/C16H40N4Si/c1-13(2,3)18-16(11-10-12-17-21,19-14(4,5)6)20-15(7,8)9/h17-20H,10-12H2,1-9,21H3. The van der Waals surface area contributed by atoms with E-state index in [2.05, 4.69) is 83.2 Å². The van der Waals surface area contributed by atoms with Crippen LogP contribution in [0.25, 0.3) is 0 Å². The monoisotopic (exact) mass is 316 g/mol. The van der Waals surface area contributed by atoms with Gasteiger partial charge < -0.3 is 4.98 Å². The van der Waals surface area contributed by atoms with Crippen LogP contribution in [0.4, 0.5) is 0 Å². The van der Waals surface area contributed by atoms with Gasteiger partial charge in [0.25, 0.3) is 0 Å². The third-order valence-electron chi connectivity index (χ3n) is 2.74. The summed E-state index contributed by atoms with van der Waals surface area (Å²) < 4.78 is 0. The lowest BCUT2D eigenvalue weighted by Gasteiger charge is -2.49. The molecular formula is C16H40N4Si. The third kappa shape index (κ3) is 11.3. The van der Waals surface area contributed by atoms with Crippen molar-refractivity contribution in [3.63, 3.8) is 0 Å². The minimum Gasteiger partial charge on any atom is -0.345 e. The fourth-order valence-corrected chi connectivity index (χ4v) is 3.09. The molecule has 5 heteroatoms. The summed E-state index contributed by atoms with van der Waals surface area (Å²) in [4.78, 5) is 3.38. The molecule has 128 valence electrons. The zero-order chi connectivity index (χ0) is 16.9. The van der Waals surface area contributed by atoms with Gasteiger partial charge in [-0.05, 0) is 81.7 Å².